The normalized spacial score (nSPS) is 20.9. The Kier molecular flexibility index (Phi) is 4.31. The lowest BCUT2D eigenvalue weighted by Crippen LogP contribution is -2.42. The maximum atomic E-state index is 13.0. The summed E-state index contributed by atoms with van der Waals surface area (Å²) >= 11 is 0. The molecule has 0 bridgehead atoms. The minimum absolute atomic E-state index is 0.0591. The molecule has 2 fully saturated rings. The number of fused-ring (bicyclic) bond motifs is 1. The Hall–Kier alpha value is -2.80. The number of ether oxygens (including phenoxy) is 1. The molecule has 7 heteroatoms. The summed E-state index contributed by atoms with van der Waals surface area (Å²) in [5.74, 6) is 0.669. The molecule has 146 valence electrons. The van der Waals surface area contributed by atoms with Crippen LogP contribution < -0.4 is 5.69 Å². The van der Waals surface area contributed by atoms with Crippen molar-refractivity contribution >= 4 is 16.9 Å². The van der Waals surface area contributed by atoms with Gasteiger partial charge in [-0.05, 0) is 43.2 Å². The van der Waals surface area contributed by atoms with E-state index in [0.29, 0.717) is 25.3 Å². The highest BCUT2D eigenvalue weighted by Gasteiger charge is 2.28. The lowest BCUT2D eigenvalue weighted by atomic mass is 10.1. The predicted octanol–water partition coefficient (Wildman–Crippen LogP) is 3.25. The van der Waals surface area contributed by atoms with Crippen LogP contribution in [-0.4, -0.2) is 40.1 Å². The molecule has 1 saturated heterocycles. The lowest BCUT2D eigenvalue weighted by Gasteiger charge is -2.32. The third-order valence-corrected chi connectivity index (χ3v) is 5.87. The fourth-order valence-corrected chi connectivity index (χ4v) is 4.45. The largest absolute Gasteiger partial charge is 0.467 e. The van der Waals surface area contributed by atoms with Crippen molar-refractivity contribution in [1.82, 2.24) is 14.5 Å². The van der Waals surface area contributed by atoms with Gasteiger partial charge in [0.1, 0.15) is 11.9 Å². The van der Waals surface area contributed by atoms with E-state index in [2.05, 4.69) is 4.98 Å². The number of hydrogen-bond donors (Lipinski definition) is 1. The van der Waals surface area contributed by atoms with Gasteiger partial charge in [0, 0.05) is 18.2 Å². The summed E-state index contributed by atoms with van der Waals surface area (Å²) in [5.41, 5.74) is 2.09. The SMILES string of the molecule is O=C(c1ccc2c(c1)[nH]c(=O)n2C1CCCC1)N1CCOC(c2ccco2)C1. The zero-order valence-electron chi connectivity index (χ0n) is 15.6. The van der Waals surface area contributed by atoms with E-state index in [-0.39, 0.29) is 23.7 Å². The Morgan fingerprint density at radius 3 is 2.82 bits per heavy atom. The number of H-pyrrole nitrogens is 1. The van der Waals surface area contributed by atoms with Crippen molar-refractivity contribution in [2.45, 2.75) is 37.8 Å². The molecule has 1 atom stereocenters. The highest BCUT2D eigenvalue weighted by atomic mass is 16.5. The summed E-state index contributed by atoms with van der Waals surface area (Å²) in [7, 11) is 0. The smallest absolute Gasteiger partial charge is 0.326 e. The fraction of sp³-hybridized carbons (Fsp3) is 0.429. The maximum Gasteiger partial charge on any atom is 0.326 e. The van der Waals surface area contributed by atoms with Crippen molar-refractivity contribution in [2.24, 2.45) is 0 Å². The molecule has 1 unspecified atom stereocenters. The van der Waals surface area contributed by atoms with Gasteiger partial charge in [-0.3, -0.25) is 9.36 Å². The Morgan fingerprint density at radius 2 is 2.04 bits per heavy atom. The number of furan rings is 1. The second kappa shape index (κ2) is 6.98. The standard InChI is InChI=1S/C21H23N3O4/c25-20(23-9-11-28-19(13-23)18-6-3-10-27-18)14-7-8-17-16(12-14)22-21(26)24(17)15-4-1-2-5-15/h3,6-8,10,12,15,19H,1-2,4-5,9,11,13H2,(H,22,26). The predicted molar refractivity (Wildman–Crippen MR) is 103 cm³/mol. The van der Waals surface area contributed by atoms with Crippen molar-refractivity contribution in [3.05, 3.63) is 58.4 Å². The number of nitrogens with zero attached hydrogens (tertiary/aromatic N) is 2. The number of amides is 1. The third kappa shape index (κ3) is 2.96. The van der Waals surface area contributed by atoms with Gasteiger partial charge in [-0.25, -0.2) is 4.79 Å². The molecule has 0 spiro atoms. The molecular weight excluding hydrogens is 358 g/mol. The van der Waals surface area contributed by atoms with Crippen molar-refractivity contribution in [3.8, 4) is 0 Å². The van der Waals surface area contributed by atoms with Crippen LogP contribution in [0.25, 0.3) is 11.0 Å². The zero-order valence-corrected chi connectivity index (χ0v) is 15.6. The van der Waals surface area contributed by atoms with E-state index in [9.17, 15) is 9.59 Å². The van der Waals surface area contributed by atoms with E-state index in [1.54, 1.807) is 17.2 Å². The number of hydrogen-bond acceptors (Lipinski definition) is 4. The number of aromatic nitrogens is 2. The van der Waals surface area contributed by atoms with Crippen LogP contribution in [0.1, 0.15) is 53.9 Å². The van der Waals surface area contributed by atoms with Crippen molar-refractivity contribution in [3.63, 3.8) is 0 Å². The molecule has 0 radical (unpaired) electrons. The summed E-state index contributed by atoms with van der Waals surface area (Å²) in [5, 5.41) is 0. The maximum absolute atomic E-state index is 13.0. The lowest BCUT2D eigenvalue weighted by molar-refractivity contribution is -0.0321. The number of carbonyl (C=O) groups excluding carboxylic acids is 1. The van der Waals surface area contributed by atoms with Gasteiger partial charge in [0.2, 0.25) is 0 Å². The summed E-state index contributed by atoms with van der Waals surface area (Å²) in [6.45, 7) is 1.45. The topological polar surface area (TPSA) is 80.5 Å². The molecule has 3 aromatic rings. The first kappa shape index (κ1) is 17.3. The Morgan fingerprint density at radius 1 is 1.18 bits per heavy atom. The first-order valence-corrected chi connectivity index (χ1v) is 9.89. The highest BCUT2D eigenvalue weighted by Crippen LogP contribution is 2.31. The number of morpholine rings is 1. The van der Waals surface area contributed by atoms with Gasteiger partial charge in [-0.1, -0.05) is 12.8 Å². The quantitative estimate of drug-likeness (QED) is 0.755. The summed E-state index contributed by atoms with van der Waals surface area (Å²) in [4.78, 5) is 30.2. The molecule has 5 rings (SSSR count). The van der Waals surface area contributed by atoms with E-state index in [0.717, 1.165) is 42.5 Å². The molecule has 1 aromatic carbocycles. The van der Waals surface area contributed by atoms with Crippen molar-refractivity contribution < 1.29 is 13.9 Å². The highest BCUT2D eigenvalue weighted by molar-refractivity contribution is 5.97. The van der Waals surface area contributed by atoms with E-state index >= 15 is 0 Å². The Bertz CT molecular complexity index is 1040. The number of rotatable bonds is 3. The molecule has 28 heavy (non-hydrogen) atoms. The van der Waals surface area contributed by atoms with Gasteiger partial charge in [-0.15, -0.1) is 0 Å². The molecule has 3 heterocycles. The molecule has 1 aliphatic carbocycles. The average molecular weight is 381 g/mol. The summed E-state index contributed by atoms with van der Waals surface area (Å²) in [6.07, 6.45) is 5.76. The van der Waals surface area contributed by atoms with Crippen LogP contribution in [0.4, 0.5) is 0 Å². The number of carbonyl (C=O) groups is 1. The van der Waals surface area contributed by atoms with Crippen LogP contribution >= 0.6 is 0 Å². The molecular formula is C21H23N3O4. The first-order chi connectivity index (χ1) is 13.7. The minimum atomic E-state index is -0.250. The minimum Gasteiger partial charge on any atom is -0.467 e. The number of imidazole rings is 1. The summed E-state index contributed by atoms with van der Waals surface area (Å²) in [6, 6.07) is 9.45. The molecule has 1 aliphatic heterocycles. The van der Waals surface area contributed by atoms with Crippen LogP contribution in [0.5, 0.6) is 0 Å². The number of aromatic amines is 1. The van der Waals surface area contributed by atoms with Crippen molar-refractivity contribution in [1.29, 1.82) is 0 Å². The first-order valence-electron chi connectivity index (χ1n) is 9.89. The van der Waals surface area contributed by atoms with Crippen LogP contribution in [0, 0.1) is 0 Å². The second-order valence-electron chi connectivity index (χ2n) is 7.60. The van der Waals surface area contributed by atoms with E-state index in [4.69, 9.17) is 9.15 Å². The molecule has 2 aromatic heterocycles. The molecule has 2 aliphatic rings. The van der Waals surface area contributed by atoms with Crippen molar-refractivity contribution in [2.75, 3.05) is 19.7 Å². The second-order valence-corrected chi connectivity index (χ2v) is 7.60. The molecule has 7 nitrogen and oxygen atoms in total. The molecule has 1 N–H and O–H groups in total. The van der Waals surface area contributed by atoms with Gasteiger partial charge >= 0.3 is 5.69 Å². The number of benzene rings is 1. The number of nitrogens with one attached hydrogen (secondary N) is 1. The Labute approximate surface area is 161 Å². The van der Waals surface area contributed by atoms with Crippen LogP contribution in [0.15, 0.2) is 45.8 Å². The van der Waals surface area contributed by atoms with Gasteiger partial charge < -0.3 is 19.0 Å². The molecule has 1 amide bonds. The van der Waals surface area contributed by atoms with Gasteiger partial charge in [0.05, 0.1) is 30.4 Å². The van der Waals surface area contributed by atoms with Gasteiger partial charge in [-0.2, -0.15) is 0 Å². The third-order valence-electron chi connectivity index (χ3n) is 5.87. The van der Waals surface area contributed by atoms with E-state index in [1.807, 2.05) is 28.8 Å². The van der Waals surface area contributed by atoms with Crippen LogP contribution in [0.2, 0.25) is 0 Å². The van der Waals surface area contributed by atoms with Gasteiger partial charge in [0.15, 0.2) is 0 Å². The van der Waals surface area contributed by atoms with Gasteiger partial charge in [0.25, 0.3) is 5.91 Å². The average Bonchev–Trinajstić information content (AvgIpc) is 3.47. The summed E-state index contributed by atoms with van der Waals surface area (Å²) < 4.78 is 13.0. The molecule has 1 saturated carbocycles. The fourth-order valence-electron chi connectivity index (χ4n) is 4.45. The van der Waals surface area contributed by atoms with E-state index in [1.165, 1.54) is 0 Å². The Balaban J connectivity index is 1.41. The monoisotopic (exact) mass is 381 g/mol. The van der Waals surface area contributed by atoms with E-state index < -0.39 is 0 Å². The van der Waals surface area contributed by atoms with Crippen LogP contribution in [0.3, 0.4) is 0 Å². The zero-order chi connectivity index (χ0) is 19.1. The van der Waals surface area contributed by atoms with Crippen LogP contribution in [-0.2, 0) is 4.74 Å².